The van der Waals surface area contributed by atoms with Crippen LogP contribution in [0.4, 0.5) is 0 Å². The van der Waals surface area contributed by atoms with Gasteiger partial charge in [0.1, 0.15) is 6.54 Å². The van der Waals surface area contributed by atoms with Gasteiger partial charge < -0.3 is 5.32 Å². The molecule has 1 heterocycles. The summed E-state index contributed by atoms with van der Waals surface area (Å²) in [6, 6.07) is 7.71. The first kappa shape index (κ1) is 20.2. The van der Waals surface area contributed by atoms with E-state index in [-0.39, 0.29) is 35.9 Å². The third-order valence-electron chi connectivity index (χ3n) is 4.24. The summed E-state index contributed by atoms with van der Waals surface area (Å²) in [5.74, 6) is -0.204. The number of carbonyl (C=O) groups is 3. The first-order valence-corrected chi connectivity index (χ1v) is 9.62. The molecule has 0 spiro atoms. The predicted molar refractivity (Wildman–Crippen MR) is 104 cm³/mol. The van der Waals surface area contributed by atoms with E-state index >= 15 is 0 Å². The van der Waals surface area contributed by atoms with Crippen molar-refractivity contribution in [1.29, 1.82) is 0 Å². The molecule has 0 radical (unpaired) electrons. The fourth-order valence-electron chi connectivity index (χ4n) is 2.61. The zero-order chi connectivity index (χ0) is 19.5. The van der Waals surface area contributed by atoms with E-state index in [4.69, 9.17) is 0 Å². The minimum atomic E-state index is -0.521. The molecular formula is C20H26N2O3S. The Morgan fingerprint density at radius 1 is 1.31 bits per heavy atom. The number of amides is 2. The smallest absolute Gasteiger partial charge is 0.240 e. The lowest BCUT2D eigenvalue weighted by molar-refractivity contribution is -0.131. The van der Waals surface area contributed by atoms with Crippen molar-refractivity contribution in [3.63, 3.8) is 0 Å². The van der Waals surface area contributed by atoms with Crippen molar-refractivity contribution < 1.29 is 14.4 Å². The zero-order valence-corrected chi connectivity index (χ0v) is 16.8. The molecule has 1 atom stereocenters. The molecule has 5 nitrogen and oxygen atoms in total. The highest BCUT2D eigenvalue weighted by Crippen LogP contribution is 2.30. The molecule has 1 N–H and O–H groups in total. The summed E-state index contributed by atoms with van der Waals surface area (Å²) in [6.45, 7) is 9.32. The molecule has 1 saturated heterocycles. The molecule has 1 aromatic carbocycles. The minimum Gasteiger partial charge on any atom is -0.348 e. The Morgan fingerprint density at radius 3 is 2.58 bits per heavy atom. The second-order valence-electron chi connectivity index (χ2n) is 7.51. The number of benzene rings is 1. The molecule has 0 saturated carbocycles. The second-order valence-corrected chi connectivity index (χ2v) is 8.51. The summed E-state index contributed by atoms with van der Waals surface area (Å²) in [5, 5.41) is 3.48. The van der Waals surface area contributed by atoms with Gasteiger partial charge in [-0.05, 0) is 25.0 Å². The lowest BCUT2D eigenvalue weighted by Crippen LogP contribution is -2.39. The Kier molecular flexibility index (Phi) is 6.29. The molecule has 140 valence electrons. The topological polar surface area (TPSA) is 66.5 Å². The monoisotopic (exact) mass is 374 g/mol. The van der Waals surface area contributed by atoms with E-state index in [2.05, 4.69) is 5.32 Å². The number of thioether (sulfide) groups is 1. The van der Waals surface area contributed by atoms with Gasteiger partial charge in [-0.1, -0.05) is 56.8 Å². The van der Waals surface area contributed by atoms with Gasteiger partial charge in [0.15, 0.2) is 5.78 Å². The van der Waals surface area contributed by atoms with E-state index in [1.54, 1.807) is 0 Å². The van der Waals surface area contributed by atoms with E-state index in [1.807, 2.05) is 58.9 Å². The van der Waals surface area contributed by atoms with E-state index < -0.39 is 5.41 Å². The molecule has 1 aliphatic rings. The molecule has 1 aliphatic heterocycles. The SMILES string of the molecule is Cc1ccccc1C(C)NC(=O)CN1C(=O)CSC1=CC(=O)C(C)(C)C. The third-order valence-corrected chi connectivity index (χ3v) is 5.26. The van der Waals surface area contributed by atoms with Crippen LogP contribution in [0.1, 0.15) is 44.9 Å². The molecule has 1 fully saturated rings. The predicted octanol–water partition coefficient (Wildman–Crippen LogP) is 3.20. The standard InChI is InChI=1S/C20H26N2O3S/c1-13-8-6-7-9-15(13)14(2)21-17(24)11-22-18(25)12-26-19(22)10-16(23)20(3,4)5/h6-10,14H,11-12H2,1-5H3,(H,21,24). The van der Waals surface area contributed by atoms with Crippen LogP contribution in [0, 0.1) is 12.3 Å². The van der Waals surface area contributed by atoms with Gasteiger partial charge in [0.25, 0.3) is 0 Å². The average molecular weight is 375 g/mol. The van der Waals surface area contributed by atoms with Gasteiger partial charge in [0.2, 0.25) is 11.8 Å². The lowest BCUT2D eigenvalue weighted by atomic mass is 9.91. The minimum absolute atomic E-state index is 0.0617. The number of aryl methyl sites for hydroxylation is 1. The number of hydrogen-bond acceptors (Lipinski definition) is 4. The maximum absolute atomic E-state index is 12.4. The summed E-state index contributed by atoms with van der Waals surface area (Å²) in [6.07, 6.45) is 1.48. The Morgan fingerprint density at radius 2 is 1.96 bits per heavy atom. The molecule has 0 aromatic heterocycles. The Labute approximate surface area is 159 Å². The van der Waals surface area contributed by atoms with Crippen LogP contribution in [-0.2, 0) is 14.4 Å². The highest BCUT2D eigenvalue weighted by atomic mass is 32.2. The number of allylic oxidation sites excluding steroid dienone is 1. The number of rotatable bonds is 5. The molecule has 0 bridgehead atoms. The van der Waals surface area contributed by atoms with Crippen LogP contribution < -0.4 is 5.32 Å². The van der Waals surface area contributed by atoms with Crippen molar-refractivity contribution in [2.24, 2.45) is 5.41 Å². The number of hydrogen-bond donors (Lipinski definition) is 1. The van der Waals surface area contributed by atoms with Crippen molar-refractivity contribution in [1.82, 2.24) is 10.2 Å². The van der Waals surface area contributed by atoms with Crippen LogP contribution in [0.25, 0.3) is 0 Å². The van der Waals surface area contributed by atoms with Gasteiger partial charge in [-0.2, -0.15) is 0 Å². The van der Waals surface area contributed by atoms with Gasteiger partial charge >= 0.3 is 0 Å². The summed E-state index contributed by atoms with van der Waals surface area (Å²) < 4.78 is 0. The molecular weight excluding hydrogens is 348 g/mol. The highest BCUT2D eigenvalue weighted by Gasteiger charge is 2.31. The second kappa shape index (κ2) is 8.08. The van der Waals surface area contributed by atoms with E-state index in [0.717, 1.165) is 11.1 Å². The van der Waals surface area contributed by atoms with Gasteiger partial charge in [-0.15, -0.1) is 0 Å². The van der Waals surface area contributed by atoms with E-state index in [1.165, 1.54) is 22.7 Å². The first-order chi connectivity index (χ1) is 12.1. The van der Waals surface area contributed by atoms with Crippen molar-refractivity contribution >= 4 is 29.4 Å². The summed E-state index contributed by atoms with van der Waals surface area (Å²) >= 11 is 1.30. The van der Waals surface area contributed by atoms with Crippen LogP contribution in [-0.4, -0.2) is 34.8 Å². The quantitative estimate of drug-likeness (QED) is 0.804. The van der Waals surface area contributed by atoms with Crippen LogP contribution in [0.15, 0.2) is 35.4 Å². The molecule has 2 rings (SSSR count). The number of ketones is 1. The van der Waals surface area contributed by atoms with Gasteiger partial charge in [-0.25, -0.2) is 0 Å². The molecule has 6 heteroatoms. The average Bonchev–Trinajstić information content (AvgIpc) is 2.87. The molecule has 26 heavy (non-hydrogen) atoms. The molecule has 1 unspecified atom stereocenters. The Bertz CT molecular complexity index is 750. The van der Waals surface area contributed by atoms with E-state index in [0.29, 0.717) is 5.03 Å². The Hall–Kier alpha value is -2.08. The molecule has 1 aromatic rings. The maximum Gasteiger partial charge on any atom is 0.240 e. The van der Waals surface area contributed by atoms with Gasteiger partial charge in [0, 0.05) is 11.5 Å². The molecule has 0 aliphatic carbocycles. The fraction of sp³-hybridized carbons (Fsp3) is 0.450. The van der Waals surface area contributed by atoms with Crippen LogP contribution in [0.5, 0.6) is 0 Å². The Balaban J connectivity index is 2.06. The van der Waals surface area contributed by atoms with Crippen molar-refractivity contribution in [2.75, 3.05) is 12.3 Å². The lowest BCUT2D eigenvalue weighted by Gasteiger charge is -2.21. The maximum atomic E-state index is 12.4. The van der Waals surface area contributed by atoms with Gasteiger partial charge in [-0.3, -0.25) is 19.3 Å². The number of nitrogens with one attached hydrogen (secondary N) is 1. The van der Waals surface area contributed by atoms with Gasteiger partial charge in [0.05, 0.1) is 16.8 Å². The van der Waals surface area contributed by atoms with Crippen LogP contribution in [0.3, 0.4) is 0 Å². The summed E-state index contributed by atoms with van der Waals surface area (Å²) in [7, 11) is 0. The fourth-order valence-corrected chi connectivity index (χ4v) is 3.55. The van der Waals surface area contributed by atoms with Crippen molar-refractivity contribution in [3.05, 3.63) is 46.5 Å². The van der Waals surface area contributed by atoms with Crippen molar-refractivity contribution in [2.45, 2.75) is 40.7 Å². The number of nitrogens with zero attached hydrogens (tertiary/aromatic N) is 1. The van der Waals surface area contributed by atoms with Crippen LogP contribution >= 0.6 is 11.8 Å². The highest BCUT2D eigenvalue weighted by molar-refractivity contribution is 8.04. The first-order valence-electron chi connectivity index (χ1n) is 8.64. The normalized spacial score (nSPS) is 17.5. The summed E-state index contributed by atoms with van der Waals surface area (Å²) in [5.41, 5.74) is 1.62. The van der Waals surface area contributed by atoms with Crippen LogP contribution in [0.2, 0.25) is 0 Å². The molecule has 2 amide bonds. The third kappa shape index (κ3) is 4.97. The number of carbonyl (C=O) groups excluding carboxylic acids is 3. The zero-order valence-electron chi connectivity index (χ0n) is 16.0. The largest absolute Gasteiger partial charge is 0.348 e. The summed E-state index contributed by atoms with van der Waals surface area (Å²) in [4.78, 5) is 38.2. The van der Waals surface area contributed by atoms with E-state index in [9.17, 15) is 14.4 Å². The van der Waals surface area contributed by atoms with Crippen molar-refractivity contribution in [3.8, 4) is 0 Å².